The quantitative estimate of drug-likeness (QED) is 0.807. The number of nitrogens with one attached hydrogen (secondary N) is 1. The lowest BCUT2D eigenvalue weighted by molar-refractivity contribution is 0.00666. The van der Waals surface area contributed by atoms with Gasteiger partial charge in [-0.1, -0.05) is 6.07 Å². The van der Waals surface area contributed by atoms with Crippen LogP contribution < -0.4 is 5.32 Å². The third-order valence-corrected chi connectivity index (χ3v) is 7.12. The smallest absolute Gasteiger partial charge is 0.261 e. The van der Waals surface area contributed by atoms with Crippen molar-refractivity contribution in [2.45, 2.75) is 30.4 Å². The molecule has 1 amide bonds. The number of piperidine rings is 1. The Morgan fingerprint density at radius 3 is 3.04 bits per heavy atom. The number of sulfonamides is 1. The summed E-state index contributed by atoms with van der Waals surface area (Å²) in [5.41, 5.74) is 0.820. The Kier molecular flexibility index (Phi) is 6.02. The van der Waals surface area contributed by atoms with Crippen molar-refractivity contribution in [1.29, 1.82) is 0 Å². The number of ether oxygens (including phenoxy) is 1. The van der Waals surface area contributed by atoms with E-state index in [-0.39, 0.29) is 16.9 Å². The van der Waals surface area contributed by atoms with E-state index < -0.39 is 10.0 Å². The van der Waals surface area contributed by atoms with Gasteiger partial charge in [-0.25, -0.2) is 8.42 Å². The Labute approximate surface area is 157 Å². The van der Waals surface area contributed by atoms with Crippen LogP contribution in [0.3, 0.4) is 0 Å². The van der Waals surface area contributed by atoms with Crippen molar-refractivity contribution in [1.82, 2.24) is 14.6 Å². The van der Waals surface area contributed by atoms with E-state index >= 15 is 0 Å². The number of aromatic nitrogens is 1. The molecule has 3 heterocycles. The summed E-state index contributed by atoms with van der Waals surface area (Å²) in [6.07, 6.45) is 3.08. The molecule has 140 valence electrons. The fourth-order valence-electron chi connectivity index (χ4n) is 2.79. The van der Waals surface area contributed by atoms with E-state index in [0.29, 0.717) is 24.6 Å². The highest BCUT2D eigenvalue weighted by atomic mass is 32.2. The molecule has 0 saturated carbocycles. The van der Waals surface area contributed by atoms with Crippen molar-refractivity contribution in [2.24, 2.45) is 0 Å². The van der Waals surface area contributed by atoms with Gasteiger partial charge in [-0.3, -0.25) is 9.78 Å². The molecule has 9 heteroatoms. The van der Waals surface area contributed by atoms with Crippen LogP contribution in [0.15, 0.2) is 40.7 Å². The fraction of sp³-hybridized carbons (Fsp3) is 0.412. The van der Waals surface area contributed by atoms with Crippen LogP contribution >= 0.6 is 11.3 Å². The molecule has 1 aliphatic heterocycles. The summed E-state index contributed by atoms with van der Waals surface area (Å²) >= 11 is 1.12. The lowest BCUT2D eigenvalue weighted by Crippen LogP contribution is -2.43. The minimum Gasteiger partial charge on any atom is -0.371 e. The third kappa shape index (κ3) is 4.29. The van der Waals surface area contributed by atoms with Crippen molar-refractivity contribution in [3.8, 4) is 0 Å². The molecule has 1 unspecified atom stereocenters. The third-order valence-electron chi connectivity index (χ3n) is 4.20. The first-order valence-electron chi connectivity index (χ1n) is 8.33. The summed E-state index contributed by atoms with van der Waals surface area (Å²) in [6, 6.07) is 7.04. The molecule has 1 saturated heterocycles. The van der Waals surface area contributed by atoms with Gasteiger partial charge in [0.05, 0.1) is 28.2 Å². The molecule has 0 bridgehead atoms. The monoisotopic (exact) mass is 395 g/mol. The Hall–Kier alpha value is -1.81. The van der Waals surface area contributed by atoms with Crippen molar-refractivity contribution in [2.75, 3.05) is 20.1 Å². The Morgan fingerprint density at radius 1 is 1.46 bits per heavy atom. The zero-order valence-electron chi connectivity index (χ0n) is 14.4. The molecule has 2 aromatic rings. The number of hydrogen-bond acceptors (Lipinski definition) is 6. The summed E-state index contributed by atoms with van der Waals surface area (Å²) in [7, 11) is -2.11. The van der Waals surface area contributed by atoms with Crippen LogP contribution in [-0.4, -0.2) is 49.9 Å². The van der Waals surface area contributed by atoms with E-state index in [1.54, 1.807) is 6.20 Å². The zero-order chi connectivity index (χ0) is 18.6. The summed E-state index contributed by atoms with van der Waals surface area (Å²) in [4.78, 5) is 16.4. The van der Waals surface area contributed by atoms with E-state index in [1.165, 1.54) is 22.8 Å². The van der Waals surface area contributed by atoms with Crippen molar-refractivity contribution in [3.05, 3.63) is 46.4 Å². The second kappa shape index (κ2) is 8.26. The highest BCUT2D eigenvalue weighted by Crippen LogP contribution is 2.26. The number of amides is 1. The number of carbonyl (C=O) groups is 1. The van der Waals surface area contributed by atoms with E-state index in [0.717, 1.165) is 29.9 Å². The van der Waals surface area contributed by atoms with Gasteiger partial charge < -0.3 is 10.1 Å². The van der Waals surface area contributed by atoms with E-state index in [9.17, 15) is 13.2 Å². The minimum atomic E-state index is -3.63. The standard InChI is InChI=1S/C17H21N3O4S2/c1-18-17(21)16-9-15(12-25-16)26(22,23)20-8-4-6-14(10-20)24-11-13-5-2-3-7-19-13/h2-3,5,7,9,12,14H,4,6,8,10-11H2,1H3,(H,18,21). The van der Waals surface area contributed by atoms with E-state index in [4.69, 9.17) is 4.74 Å². The molecule has 0 spiro atoms. The molecule has 0 aromatic carbocycles. The maximum atomic E-state index is 12.9. The van der Waals surface area contributed by atoms with Crippen LogP contribution in [-0.2, 0) is 21.4 Å². The predicted octanol–water partition coefficient (Wildman–Crippen LogP) is 1.87. The van der Waals surface area contributed by atoms with Gasteiger partial charge in [0, 0.05) is 31.7 Å². The minimum absolute atomic E-state index is 0.159. The van der Waals surface area contributed by atoms with Crippen LogP contribution in [0.2, 0.25) is 0 Å². The van der Waals surface area contributed by atoms with E-state index in [1.807, 2.05) is 18.2 Å². The van der Waals surface area contributed by atoms with Gasteiger partial charge >= 0.3 is 0 Å². The molecule has 7 nitrogen and oxygen atoms in total. The van der Waals surface area contributed by atoms with Crippen LogP contribution in [0.5, 0.6) is 0 Å². The summed E-state index contributed by atoms with van der Waals surface area (Å²) in [6.45, 7) is 1.12. The molecule has 2 aromatic heterocycles. The van der Waals surface area contributed by atoms with Gasteiger partial charge in [0.25, 0.3) is 5.91 Å². The van der Waals surface area contributed by atoms with Crippen molar-refractivity contribution >= 4 is 27.3 Å². The topological polar surface area (TPSA) is 88.6 Å². The zero-order valence-corrected chi connectivity index (χ0v) is 16.1. The first-order valence-corrected chi connectivity index (χ1v) is 10.6. The van der Waals surface area contributed by atoms with Crippen molar-refractivity contribution < 1.29 is 17.9 Å². The number of hydrogen-bond donors (Lipinski definition) is 1. The number of nitrogens with zero attached hydrogens (tertiary/aromatic N) is 2. The SMILES string of the molecule is CNC(=O)c1cc(S(=O)(=O)N2CCCC(OCc3ccccn3)C2)cs1. The second-order valence-electron chi connectivity index (χ2n) is 5.99. The van der Waals surface area contributed by atoms with Gasteiger partial charge in [0.2, 0.25) is 10.0 Å². The highest BCUT2D eigenvalue weighted by molar-refractivity contribution is 7.89. The van der Waals surface area contributed by atoms with Crippen LogP contribution in [0.1, 0.15) is 28.2 Å². The lowest BCUT2D eigenvalue weighted by atomic mass is 10.1. The van der Waals surface area contributed by atoms with Crippen LogP contribution in [0.4, 0.5) is 0 Å². The van der Waals surface area contributed by atoms with Gasteiger partial charge in [-0.05, 0) is 31.0 Å². The molecule has 0 aliphatic carbocycles. The van der Waals surface area contributed by atoms with Crippen LogP contribution in [0.25, 0.3) is 0 Å². The summed E-state index contributed by atoms with van der Waals surface area (Å²) in [5.74, 6) is -0.285. The number of pyridine rings is 1. The Balaban J connectivity index is 1.66. The van der Waals surface area contributed by atoms with E-state index in [2.05, 4.69) is 10.3 Å². The maximum Gasteiger partial charge on any atom is 0.261 e. The van der Waals surface area contributed by atoms with Gasteiger partial charge in [0.1, 0.15) is 0 Å². The fourth-order valence-corrected chi connectivity index (χ4v) is 5.51. The molecule has 1 aliphatic rings. The molecule has 0 radical (unpaired) electrons. The molecule has 1 fully saturated rings. The average Bonchev–Trinajstić information content (AvgIpc) is 3.18. The van der Waals surface area contributed by atoms with Gasteiger partial charge in [0.15, 0.2) is 0 Å². The van der Waals surface area contributed by atoms with Crippen LogP contribution in [0, 0.1) is 0 Å². The number of carbonyl (C=O) groups excluding carboxylic acids is 1. The molecule has 1 atom stereocenters. The largest absolute Gasteiger partial charge is 0.371 e. The number of thiophene rings is 1. The van der Waals surface area contributed by atoms with Crippen molar-refractivity contribution in [3.63, 3.8) is 0 Å². The Morgan fingerprint density at radius 2 is 2.31 bits per heavy atom. The molecule has 1 N–H and O–H groups in total. The predicted molar refractivity (Wildman–Crippen MR) is 98.5 cm³/mol. The first-order chi connectivity index (χ1) is 12.5. The molecular weight excluding hydrogens is 374 g/mol. The normalized spacial score (nSPS) is 18.6. The summed E-state index contributed by atoms with van der Waals surface area (Å²) in [5, 5.41) is 4.01. The second-order valence-corrected chi connectivity index (χ2v) is 8.83. The first kappa shape index (κ1) is 19.0. The van der Waals surface area contributed by atoms with Gasteiger partial charge in [-0.15, -0.1) is 11.3 Å². The summed E-state index contributed by atoms with van der Waals surface area (Å²) < 4.78 is 33.0. The Bertz CT molecular complexity index is 852. The average molecular weight is 396 g/mol. The molecular formula is C17H21N3O4S2. The maximum absolute atomic E-state index is 12.9. The van der Waals surface area contributed by atoms with Gasteiger partial charge in [-0.2, -0.15) is 4.31 Å². The highest BCUT2D eigenvalue weighted by Gasteiger charge is 2.31. The number of rotatable bonds is 6. The lowest BCUT2D eigenvalue weighted by Gasteiger charge is -2.31. The molecule has 26 heavy (non-hydrogen) atoms. The molecule has 3 rings (SSSR count).